The molecule has 0 aliphatic carbocycles. The molecule has 0 saturated heterocycles. The minimum absolute atomic E-state index is 0.0723. The third kappa shape index (κ3) is 3.75. The highest BCUT2D eigenvalue weighted by Crippen LogP contribution is 2.46. The summed E-state index contributed by atoms with van der Waals surface area (Å²) in [6.45, 7) is 6.44. The van der Waals surface area contributed by atoms with Gasteiger partial charge in [-0.15, -0.1) is 0 Å². The van der Waals surface area contributed by atoms with E-state index in [9.17, 15) is 4.57 Å². The molecule has 0 fully saturated rings. The van der Waals surface area contributed by atoms with E-state index in [1.807, 2.05) is 42.5 Å². The monoisotopic (exact) mass is 304 g/mol. The Morgan fingerprint density at radius 2 is 1.48 bits per heavy atom. The fourth-order valence-corrected chi connectivity index (χ4v) is 3.29. The second-order valence-electron chi connectivity index (χ2n) is 5.88. The summed E-state index contributed by atoms with van der Waals surface area (Å²) < 4.78 is 23.6. The van der Waals surface area contributed by atoms with Crippen LogP contribution in [0.4, 0.5) is 0 Å². The summed E-state index contributed by atoms with van der Waals surface area (Å²) >= 11 is 0. The normalized spacial score (nSPS) is 14.5. The second-order valence-corrected chi connectivity index (χ2v) is 7.94. The lowest BCUT2D eigenvalue weighted by Gasteiger charge is -2.21. The Morgan fingerprint density at radius 1 is 0.905 bits per heavy atom. The van der Waals surface area contributed by atoms with Gasteiger partial charge in [-0.2, -0.15) is 0 Å². The molecule has 2 rings (SSSR count). The standard InChI is InChI=1S/C17H21O3P/c1-17(2,3)14-10-12-15(13-11-14)20-21(18,19-4)16-8-6-5-7-9-16/h5-13H,1-4H3. The third-order valence-corrected chi connectivity index (χ3v) is 5.12. The molecule has 112 valence electrons. The molecule has 3 nitrogen and oxygen atoms in total. The molecule has 0 radical (unpaired) electrons. The summed E-state index contributed by atoms with van der Waals surface area (Å²) in [7, 11) is -1.93. The molecular formula is C17H21O3P. The predicted molar refractivity (Wildman–Crippen MR) is 86.5 cm³/mol. The van der Waals surface area contributed by atoms with Crippen LogP contribution in [0.2, 0.25) is 0 Å². The van der Waals surface area contributed by atoms with Crippen molar-refractivity contribution < 1.29 is 13.6 Å². The van der Waals surface area contributed by atoms with Crippen molar-refractivity contribution in [2.75, 3.05) is 7.11 Å². The van der Waals surface area contributed by atoms with Gasteiger partial charge < -0.3 is 4.52 Å². The van der Waals surface area contributed by atoms with Crippen LogP contribution in [-0.4, -0.2) is 7.11 Å². The minimum atomic E-state index is -3.33. The molecule has 0 amide bonds. The lowest BCUT2D eigenvalue weighted by atomic mass is 9.87. The fourth-order valence-electron chi connectivity index (χ4n) is 1.96. The van der Waals surface area contributed by atoms with Gasteiger partial charge in [-0.05, 0) is 35.2 Å². The molecule has 0 spiro atoms. The van der Waals surface area contributed by atoms with E-state index in [-0.39, 0.29) is 5.41 Å². The SMILES string of the molecule is COP(=O)(Oc1ccc(C(C)(C)C)cc1)c1ccccc1. The van der Waals surface area contributed by atoms with Crippen molar-refractivity contribution in [2.45, 2.75) is 26.2 Å². The molecule has 0 aromatic heterocycles. The van der Waals surface area contributed by atoms with E-state index in [1.165, 1.54) is 12.7 Å². The molecule has 1 atom stereocenters. The molecule has 21 heavy (non-hydrogen) atoms. The van der Waals surface area contributed by atoms with E-state index in [2.05, 4.69) is 20.8 Å². The van der Waals surface area contributed by atoms with Crippen LogP contribution in [0.3, 0.4) is 0 Å². The number of hydrogen-bond acceptors (Lipinski definition) is 3. The quantitative estimate of drug-likeness (QED) is 0.779. The predicted octanol–water partition coefficient (Wildman–Crippen LogP) is 4.53. The number of benzene rings is 2. The first-order valence-corrected chi connectivity index (χ1v) is 8.41. The average Bonchev–Trinajstić information content (AvgIpc) is 2.47. The number of hydrogen-bond donors (Lipinski definition) is 0. The summed E-state index contributed by atoms with van der Waals surface area (Å²) in [4.78, 5) is 0. The Labute approximate surface area is 126 Å². The van der Waals surface area contributed by atoms with Gasteiger partial charge >= 0.3 is 7.60 Å². The Hall–Kier alpha value is -1.57. The zero-order valence-corrected chi connectivity index (χ0v) is 13.8. The summed E-state index contributed by atoms with van der Waals surface area (Å²) in [5.74, 6) is 0.539. The first-order chi connectivity index (χ1) is 9.85. The maximum Gasteiger partial charge on any atom is 0.410 e. The highest BCUT2D eigenvalue weighted by Gasteiger charge is 2.27. The summed E-state index contributed by atoms with van der Waals surface area (Å²) in [6.07, 6.45) is 0. The van der Waals surface area contributed by atoms with Crippen molar-refractivity contribution in [3.8, 4) is 5.75 Å². The van der Waals surface area contributed by atoms with E-state index in [0.29, 0.717) is 11.1 Å². The summed E-state index contributed by atoms with van der Waals surface area (Å²) in [6, 6.07) is 16.6. The van der Waals surface area contributed by atoms with Crippen LogP contribution in [-0.2, 0) is 14.5 Å². The lowest BCUT2D eigenvalue weighted by Crippen LogP contribution is -2.12. The van der Waals surface area contributed by atoms with Gasteiger partial charge in [0.05, 0.1) is 5.30 Å². The topological polar surface area (TPSA) is 35.5 Å². The molecule has 1 unspecified atom stereocenters. The fraction of sp³-hybridized carbons (Fsp3) is 0.294. The van der Waals surface area contributed by atoms with Crippen LogP contribution in [0.15, 0.2) is 54.6 Å². The largest absolute Gasteiger partial charge is 0.421 e. The highest BCUT2D eigenvalue weighted by molar-refractivity contribution is 7.62. The van der Waals surface area contributed by atoms with Gasteiger partial charge in [0.1, 0.15) is 5.75 Å². The Morgan fingerprint density at radius 3 is 1.95 bits per heavy atom. The lowest BCUT2D eigenvalue weighted by molar-refractivity contribution is 0.334. The average molecular weight is 304 g/mol. The summed E-state index contributed by atoms with van der Waals surface area (Å²) in [5, 5.41) is 0.549. The van der Waals surface area contributed by atoms with Crippen molar-refractivity contribution in [2.24, 2.45) is 0 Å². The molecule has 0 N–H and O–H groups in total. The first-order valence-electron chi connectivity index (χ1n) is 6.87. The van der Waals surface area contributed by atoms with Crippen molar-refractivity contribution in [3.05, 3.63) is 60.2 Å². The van der Waals surface area contributed by atoms with Crippen LogP contribution < -0.4 is 9.83 Å². The van der Waals surface area contributed by atoms with E-state index in [0.717, 1.165) is 0 Å². The van der Waals surface area contributed by atoms with Crippen molar-refractivity contribution in [3.63, 3.8) is 0 Å². The van der Waals surface area contributed by atoms with Crippen LogP contribution in [0.1, 0.15) is 26.3 Å². The Balaban J connectivity index is 2.26. The molecule has 0 aliphatic rings. The maximum absolute atomic E-state index is 12.8. The van der Waals surface area contributed by atoms with Crippen LogP contribution in [0.5, 0.6) is 5.75 Å². The third-order valence-electron chi connectivity index (χ3n) is 3.26. The van der Waals surface area contributed by atoms with E-state index < -0.39 is 7.60 Å². The number of rotatable bonds is 4. The highest BCUT2D eigenvalue weighted by atomic mass is 31.2. The Bertz CT molecular complexity index is 627. The van der Waals surface area contributed by atoms with Gasteiger partial charge in [0.15, 0.2) is 0 Å². The van der Waals surface area contributed by atoms with Gasteiger partial charge in [0, 0.05) is 7.11 Å². The van der Waals surface area contributed by atoms with Crippen molar-refractivity contribution >= 4 is 12.9 Å². The second kappa shape index (κ2) is 6.05. The molecule has 0 bridgehead atoms. The van der Waals surface area contributed by atoms with Gasteiger partial charge in [-0.25, -0.2) is 4.57 Å². The van der Waals surface area contributed by atoms with Crippen molar-refractivity contribution in [1.29, 1.82) is 0 Å². The zero-order chi connectivity index (χ0) is 15.5. The van der Waals surface area contributed by atoms with Crippen LogP contribution in [0, 0.1) is 0 Å². The van der Waals surface area contributed by atoms with Crippen LogP contribution >= 0.6 is 7.60 Å². The molecular weight excluding hydrogens is 283 g/mol. The van der Waals surface area contributed by atoms with Crippen molar-refractivity contribution in [1.82, 2.24) is 0 Å². The van der Waals surface area contributed by atoms with Gasteiger partial charge in [-0.1, -0.05) is 51.1 Å². The van der Waals surface area contributed by atoms with E-state index in [1.54, 1.807) is 12.1 Å². The van der Waals surface area contributed by atoms with Crippen LogP contribution in [0.25, 0.3) is 0 Å². The van der Waals surface area contributed by atoms with Gasteiger partial charge in [0.25, 0.3) is 0 Å². The van der Waals surface area contributed by atoms with Gasteiger partial charge in [0.2, 0.25) is 0 Å². The smallest absolute Gasteiger partial charge is 0.410 e. The molecule has 2 aromatic rings. The van der Waals surface area contributed by atoms with E-state index in [4.69, 9.17) is 9.05 Å². The molecule has 0 aliphatic heterocycles. The van der Waals surface area contributed by atoms with E-state index >= 15 is 0 Å². The summed E-state index contributed by atoms with van der Waals surface area (Å²) in [5.41, 5.74) is 1.27. The molecule has 0 heterocycles. The molecule has 0 saturated carbocycles. The molecule has 4 heteroatoms. The zero-order valence-electron chi connectivity index (χ0n) is 12.9. The minimum Gasteiger partial charge on any atom is -0.421 e. The Kier molecular flexibility index (Phi) is 4.55. The van der Waals surface area contributed by atoms with Gasteiger partial charge in [-0.3, -0.25) is 4.52 Å². The maximum atomic E-state index is 12.8. The molecule has 2 aromatic carbocycles. The first kappa shape index (κ1) is 15.8.